The highest BCUT2D eigenvalue weighted by Crippen LogP contribution is 2.28. The number of nitrogens with zero attached hydrogens (tertiary/aromatic N) is 2. The van der Waals surface area contributed by atoms with Crippen LogP contribution >= 0.6 is 0 Å². The maximum atomic E-state index is 12.4. The molecule has 2 unspecified atom stereocenters. The van der Waals surface area contributed by atoms with Crippen molar-refractivity contribution in [2.45, 2.75) is 31.7 Å². The van der Waals surface area contributed by atoms with Gasteiger partial charge < -0.3 is 5.32 Å². The second-order valence-electron chi connectivity index (χ2n) is 5.37. The minimum absolute atomic E-state index is 0.529. The number of nitrogens with one attached hydrogen (secondary N) is 1. The van der Waals surface area contributed by atoms with Crippen LogP contribution in [0.4, 0.5) is 0 Å². The van der Waals surface area contributed by atoms with Crippen molar-refractivity contribution in [3.05, 3.63) is 0 Å². The average Bonchev–Trinajstić information content (AvgIpc) is 2.99. The molecule has 0 radical (unpaired) electrons. The van der Waals surface area contributed by atoms with Gasteiger partial charge in [-0.25, -0.2) is 0 Å². The van der Waals surface area contributed by atoms with Gasteiger partial charge in [-0.05, 0) is 38.1 Å². The lowest BCUT2D eigenvalue weighted by atomic mass is 9.95. The van der Waals surface area contributed by atoms with Crippen molar-refractivity contribution in [1.82, 2.24) is 13.9 Å². The third-order valence-electron chi connectivity index (χ3n) is 4.34. The van der Waals surface area contributed by atoms with Crippen molar-refractivity contribution in [2.75, 3.05) is 32.7 Å². The first-order valence-corrected chi connectivity index (χ1v) is 8.06. The second-order valence-corrected chi connectivity index (χ2v) is 7.30. The molecule has 3 saturated heterocycles. The molecule has 5 nitrogen and oxygen atoms in total. The second kappa shape index (κ2) is 4.50. The van der Waals surface area contributed by atoms with E-state index in [1.807, 2.05) is 0 Å². The lowest BCUT2D eigenvalue weighted by Crippen LogP contribution is -2.51. The topological polar surface area (TPSA) is 52.7 Å². The summed E-state index contributed by atoms with van der Waals surface area (Å²) in [6.45, 7) is 3.88. The van der Waals surface area contributed by atoms with Crippen molar-refractivity contribution in [3.63, 3.8) is 0 Å². The van der Waals surface area contributed by atoms with Crippen molar-refractivity contribution in [3.8, 4) is 0 Å². The summed E-state index contributed by atoms with van der Waals surface area (Å²) in [5.74, 6) is 0.529. The maximum absolute atomic E-state index is 12.4. The highest BCUT2D eigenvalue weighted by molar-refractivity contribution is 7.86. The van der Waals surface area contributed by atoms with E-state index in [4.69, 9.17) is 0 Å². The number of rotatable bonds is 2. The van der Waals surface area contributed by atoms with Crippen molar-refractivity contribution >= 4 is 10.2 Å². The number of piperidine rings is 1. The van der Waals surface area contributed by atoms with Gasteiger partial charge in [0.1, 0.15) is 0 Å². The van der Waals surface area contributed by atoms with E-state index in [1.54, 1.807) is 8.61 Å². The third kappa shape index (κ3) is 2.12. The van der Waals surface area contributed by atoms with E-state index in [-0.39, 0.29) is 0 Å². The van der Waals surface area contributed by atoms with Gasteiger partial charge in [0, 0.05) is 32.2 Å². The van der Waals surface area contributed by atoms with E-state index < -0.39 is 10.2 Å². The fourth-order valence-corrected chi connectivity index (χ4v) is 5.07. The molecule has 17 heavy (non-hydrogen) atoms. The summed E-state index contributed by atoms with van der Waals surface area (Å²) < 4.78 is 28.2. The SMILES string of the molecule is O=S(=O)(N1CCCC1)N1CCC2NCCC2C1. The first-order valence-electron chi connectivity index (χ1n) is 6.66. The number of hydrogen-bond donors (Lipinski definition) is 1. The van der Waals surface area contributed by atoms with Gasteiger partial charge in [-0.3, -0.25) is 0 Å². The average molecular weight is 259 g/mol. The molecule has 3 rings (SSSR count). The Morgan fingerprint density at radius 1 is 1.00 bits per heavy atom. The first kappa shape index (κ1) is 11.9. The molecule has 0 saturated carbocycles. The first-order chi connectivity index (χ1) is 8.18. The molecule has 0 aromatic rings. The smallest absolute Gasteiger partial charge is 0.281 e. The lowest BCUT2D eigenvalue weighted by molar-refractivity contribution is 0.234. The van der Waals surface area contributed by atoms with Crippen molar-refractivity contribution < 1.29 is 8.42 Å². The quantitative estimate of drug-likeness (QED) is 0.760. The summed E-state index contributed by atoms with van der Waals surface area (Å²) in [4.78, 5) is 0. The molecule has 0 bridgehead atoms. The van der Waals surface area contributed by atoms with Gasteiger partial charge in [-0.1, -0.05) is 0 Å². The fraction of sp³-hybridized carbons (Fsp3) is 1.00. The van der Waals surface area contributed by atoms with E-state index in [2.05, 4.69) is 5.32 Å². The van der Waals surface area contributed by atoms with E-state index >= 15 is 0 Å². The van der Waals surface area contributed by atoms with Crippen LogP contribution in [0.3, 0.4) is 0 Å². The summed E-state index contributed by atoms with van der Waals surface area (Å²) in [5, 5.41) is 3.46. The van der Waals surface area contributed by atoms with Crippen LogP contribution < -0.4 is 5.32 Å². The molecule has 0 aliphatic carbocycles. The zero-order valence-corrected chi connectivity index (χ0v) is 11.0. The highest BCUT2D eigenvalue weighted by Gasteiger charge is 2.39. The Morgan fingerprint density at radius 2 is 1.76 bits per heavy atom. The van der Waals surface area contributed by atoms with Crippen molar-refractivity contribution in [1.29, 1.82) is 0 Å². The molecule has 3 fully saturated rings. The van der Waals surface area contributed by atoms with Crippen LogP contribution in [0, 0.1) is 5.92 Å². The Labute approximate surface area is 103 Å². The van der Waals surface area contributed by atoms with Gasteiger partial charge in [0.15, 0.2) is 0 Å². The minimum Gasteiger partial charge on any atom is -0.314 e. The normalized spacial score (nSPS) is 36.2. The Bertz CT molecular complexity index is 378. The molecule has 3 heterocycles. The molecular formula is C11H21N3O2S. The Morgan fingerprint density at radius 3 is 2.53 bits per heavy atom. The van der Waals surface area contributed by atoms with Gasteiger partial charge in [-0.2, -0.15) is 17.0 Å². The van der Waals surface area contributed by atoms with Crippen LogP contribution in [0.2, 0.25) is 0 Å². The van der Waals surface area contributed by atoms with Crippen molar-refractivity contribution in [2.24, 2.45) is 5.92 Å². The Kier molecular flexibility index (Phi) is 3.15. The summed E-state index contributed by atoms with van der Waals surface area (Å²) in [6.07, 6.45) is 4.12. The summed E-state index contributed by atoms with van der Waals surface area (Å²) in [7, 11) is -3.16. The van der Waals surface area contributed by atoms with E-state index in [9.17, 15) is 8.42 Å². The molecule has 98 valence electrons. The number of hydrogen-bond acceptors (Lipinski definition) is 3. The summed E-state index contributed by atoms with van der Waals surface area (Å²) in [5.41, 5.74) is 0. The molecule has 0 spiro atoms. The van der Waals surface area contributed by atoms with Crippen LogP contribution in [-0.2, 0) is 10.2 Å². The van der Waals surface area contributed by atoms with Crippen LogP contribution in [0.15, 0.2) is 0 Å². The predicted octanol–water partition coefficient (Wildman–Crippen LogP) is 0.0108. The summed E-state index contributed by atoms with van der Waals surface area (Å²) in [6, 6.07) is 0.556. The highest BCUT2D eigenvalue weighted by atomic mass is 32.2. The molecule has 0 aromatic heterocycles. The third-order valence-corrected chi connectivity index (χ3v) is 6.34. The zero-order valence-electron chi connectivity index (χ0n) is 10.1. The molecule has 3 aliphatic rings. The van der Waals surface area contributed by atoms with Gasteiger partial charge in [0.25, 0.3) is 10.2 Å². The lowest BCUT2D eigenvalue weighted by Gasteiger charge is -2.35. The van der Waals surface area contributed by atoms with Gasteiger partial charge >= 0.3 is 0 Å². The molecular weight excluding hydrogens is 238 g/mol. The fourth-order valence-electron chi connectivity index (χ4n) is 3.31. The predicted molar refractivity (Wildman–Crippen MR) is 65.8 cm³/mol. The van der Waals surface area contributed by atoms with Gasteiger partial charge in [0.2, 0.25) is 0 Å². The van der Waals surface area contributed by atoms with Crippen LogP contribution in [-0.4, -0.2) is 55.8 Å². The molecule has 0 aromatic carbocycles. The molecule has 0 amide bonds. The van der Waals surface area contributed by atoms with Crippen LogP contribution in [0.25, 0.3) is 0 Å². The Hall–Kier alpha value is -0.170. The largest absolute Gasteiger partial charge is 0.314 e. The molecule has 1 N–H and O–H groups in total. The molecule has 2 atom stereocenters. The standard InChI is InChI=1S/C11H21N3O2S/c15-17(16,13-6-1-2-7-13)14-8-4-11-10(9-14)3-5-12-11/h10-12H,1-9H2. The minimum atomic E-state index is -3.16. The maximum Gasteiger partial charge on any atom is 0.281 e. The van der Waals surface area contributed by atoms with Gasteiger partial charge in [-0.15, -0.1) is 0 Å². The van der Waals surface area contributed by atoms with Gasteiger partial charge in [0.05, 0.1) is 0 Å². The summed E-state index contributed by atoms with van der Waals surface area (Å²) >= 11 is 0. The molecule has 3 aliphatic heterocycles. The zero-order chi connectivity index (χ0) is 11.9. The van der Waals surface area contributed by atoms with Crippen LogP contribution in [0.1, 0.15) is 25.7 Å². The van der Waals surface area contributed by atoms with E-state index in [1.165, 1.54) is 0 Å². The monoisotopic (exact) mass is 259 g/mol. The van der Waals surface area contributed by atoms with E-state index in [0.717, 1.165) is 38.8 Å². The number of fused-ring (bicyclic) bond motifs is 1. The Balaban J connectivity index is 1.71. The van der Waals surface area contributed by atoms with Crippen LogP contribution in [0.5, 0.6) is 0 Å². The molecule has 6 heteroatoms. The van der Waals surface area contributed by atoms with E-state index in [0.29, 0.717) is 31.6 Å².